The van der Waals surface area contributed by atoms with Gasteiger partial charge in [-0.3, -0.25) is 4.79 Å². The van der Waals surface area contributed by atoms with E-state index in [9.17, 15) is 13.2 Å². The van der Waals surface area contributed by atoms with Crippen LogP contribution in [0.2, 0.25) is 0 Å². The predicted octanol–water partition coefficient (Wildman–Crippen LogP) is 5.30. The number of sulfonamides is 1. The van der Waals surface area contributed by atoms with Crippen molar-refractivity contribution < 1.29 is 17.9 Å². The van der Waals surface area contributed by atoms with E-state index in [2.05, 4.69) is 49.6 Å². The molecule has 1 aromatic heterocycles. The Hall–Kier alpha value is -2.64. The summed E-state index contributed by atoms with van der Waals surface area (Å²) in [5, 5.41) is 1.02. The van der Waals surface area contributed by atoms with Crippen LogP contribution >= 0.6 is 0 Å². The van der Waals surface area contributed by atoms with Crippen molar-refractivity contribution in [2.45, 2.75) is 52.9 Å². The van der Waals surface area contributed by atoms with Gasteiger partial charge < -0.3 is 9.30 Å². The smallest absolute Gasteiger partial charge is 0.315 e. The number of carbonyl (C=O) groups excluding carboxylic acids is 1. The standard InChI is InChI=1S/C28H38N2O4S/c1-10-34-27(31)28(5,6)22-11-12-24-23(16-22)25(20(4)17-29(7)35(9,32)33)26(30(24)8)21-14-18(2)13-19(3)15-21/h11-16,20H,10,17H2,1-9H3. The van der Waals surface area contributed by atoms with Crippen LogP contribution in [0.3, 0.4) is 0 Å². The number of rotatable bonds is 8. The van der Waals surface area contributed by atoms with E-state index in [1.54, 1.807) is 7.05 Å². The summed E-state index contributed by atoms with van der Waals surface area (Å²) in [7, 11) is 0.331. The number of aryl methyl sites for hydroxylation is 3. The van der Waals surface area contributed by atoms with Crippen LogP contribution in [0.1, 0.15) is 55.9 Å². The number of fused-ring (bicyclic) bond motifs is 1. The Morgan fingerprint density at radius 2 is 1.71 bits per heavy atom. The average molecular weight is 499 g/mol. The Kier molecular flexibility index (Phi) is 7.53. The Morgan fingerprint density at radius 1 is 1.11 bits per heavy atom. The molecule has 0 bridgehead atoms. The first kappa shape index (κ1) is 27.0. The fraction of sp³-hybridized carbons (Fsp3) is 0.464. The second kappa shape index (κ2) is 9.78. The molecule has 2 aromatic carbocycles. The topological polar surface area (TPSA) is 68.6 Å². The average Bonchev–Trinajstić information content (AvgIpc) is 3.04. The molecule has 0 aliphatic carbocycles. The highest BCUT2D eigenvalue weighted by Crippen LogP contribution is 2.40. The van der Waals surface area contributed by atoms with Gasteiger partial charge in [0.1, 0.15) is 0 Å². The highest BCUT2D eigenvalue weighted by molar-refractivity contribution is 7.88. The van der Waals surface area contributed by atoms with Gasteiger partial charge in [-0.05, 0) is 81.5 Å². The zero-order chi connectivity index (χ0) is 26.3. The molecule has 0 aliphatic rings. The van der Waals surface area contributed by atoms with Gasteiger partial charge in [-0.1, -0.05) is 30.2 Å². The second-order valence-electron chi connectivity index (χ2n) is 10.2. The molecule has 6 nitrogen and oxygen atoms in total. The first-order chi connectivity index (χ1) is 16.2. The number of ether oxygens (including phenoxy) is 1. The van der Waals surface area contributed by atoms with Crippen LogP contribution in [0.15, 0.2) is 36.4 Å². The van der Waals surface area contributed by atoms with Gasteiger partial charge in [0.25, 0.3) is 0 Å². The van der Waals surface area contributed by atoms with Gasteiger partial charge >= 0.3 is 5.97 Å². The molecule has 0 spiro atoms. The van der Waals surface area contributed by atoms with Gasteiger partial charge in [0, 0.05) is 31.5 Å². The lowest BCUT2D eigenvalue weighted by atomic mass is 9.83. The van der Waals surface area contributed by atoms with Crippen molar-refractivity contribution in [2.75, 3.05) is 26.5 Å². The van der Waals surface area contributed by atoms with Crippen LogP contribution in [0.4, 0.5) is 0 Å². The first-order valence-electron chi connectivity index (χ1n) is 12.0. The number of benzene rings is 2. The van der Waals surface area contributed by atoms with Gasteiger partial charge in [-0.15, -0.1) is 0 Å². The maximum Gasteiger partial charge on any atom is 0.315 e. The van der Waals surface area contributed by atoms with Crippen LogP contribution in [0.25, 0.3) is 22.2 Å². The minimum atomic E-state index is -3.33. The van der Waals surface area contributed by atoms with Crippen LogP contribution < -0.4 is 0 Å². The van der Waals surface area contributed by atoms with Crippen molar-refractivity contribution in [3.05, 3.63) is 58.7 Å². The molecule has 190 valence electrons. The third-order valence-corrected chi connectivity index (χ3v) is 8.11. The van der Waals surface area contributed by atoms with Gasteiger partial charge in [0.15, 0.2) is 0 Å². The molecule has 0 saturated heterocycles. The number of aromatic nitrogens is 1. The zero-order valence-corrected chi connectivity index (χ0v) is 23.2. The van der Waals surface area contributed by atoms with Crippen molar-refractivity contribution in [3.8, 4) is 11.3 Å². The van der Waals surface area contributed by atoms with Gasteiger partial charge in [-0.25, -0.2) is 12.7 Å². The second-order valence-corrected chi connectivity index (χ2v) is 12.3. The SMILES string of the molecule is CCOC(=O)C(C)(C)c1ccc2c(c1)c(C(C)CN(C)S(C)(=O)=O)c(-c1cc(C)cc(C)c1)n2C. The molecule has 0 N–H and O–H groups in total. The van der Waals surface area contributed by atoms with Crippen LogP contribution in [-0.2, 0) is 32.0 Å². The fourth-order valence-corrected chi connectivity index (χ4v) is 5.36. The number of hydrogen-bond donors (Lipinski definition) is 0. The normalized spacial score (nSPS) is 13.4. The highest BCUT2D eigenvalue weighted by Gasteiger charge is 2.33. The lowest BCUT2D eigenvalue weighted by Gasteiger charge is -2.24. The molecule has 7 heteroatoms. The quantitative estimate of drug-likeness (QED) is 0.395. The van der Waals surface area contributed by atoms with E-state index in [1.807, 2.05) is 40.0 Å². The predicted molar refractivity (Wildman–Crippen MR) is 143 cm³/mol. The molecule has 1 atom stereocenters. The summed E-state index contributed by atoms with van der Waals surface area (Å²) in [5.74, 6) is -0.355. The molecule has 0 saturated carbocycles. The van der Waals surface area contributed by atoms with Gasteiger partial charge in [0.05, 0.1) is 24.0 Å². The minimum Gasteiger partial charge on any atom is -0.465 e. The summed E-state index contributed by atoms with van der Waals surface area (Å²) >= 11 is 0. The van der Waals surface area contributed by atoms with Crippen LogP contribution in [0, 0.1) is 13.8 Å². The summed E-state index contributed by atoms with van der Waals surface area (Å²) < 4.78 is 33.3. The Morgan fingerprint density at radius 3 is 2.26 bits per heavy atom. The third-order valence-electron chi connectivity index (χ3n) is 6.83. The van der Waals surface area contributed by atoms with Crippen molar-refractivity contribution >= 4 is 26.9 Å². The number of carbonyl (C=O) groups is 1. The van der Waals surface area contributed by atoms with E-state index < -0.39 is 15.4 Å². The Balaban J connectivity index is 2.32. The van der Waals surface area contributed by atoms with E-state index in [1.165, 1.54) is 21.7 Å². The summed E-state index contributed by atoms with van der Waals surface area (Å²) in [5.41, 5.74) is 6.65. The fourth-order valence-electron chi connectivity index (χ4n) is 4.86. The summed E-state index contributed by atoms with van der Waals surface area (Å²) in [6, 6.07) is 12.6. The van der Waals surface area contributed by atoms with Crippen molar-refractivity contribution in [1.82, 2.24) is 8.87 Å². The zero-order valence-electron chi connectivity index (χ0n) is 22.4. The molecule has 0 amide bonds. The van der Waals surface area contributed by atoms with Gasteiger partial charge in [-0.2, -0.15) is 0 Å². The number of likely N-dealkylation sites (N-methyl/N-ethyl adjacent to an activating group) is 1. The first-order valence-corrected chi connectivity index (χ1v) is 13.8. The summed E-state index contributed by atoms with van der Waals surface area (Å²) in [4.78, 5) is 12.7. The third kappa shape index (κ3) is 5.31. The number of hydrogen-bond acceptors (Lipinski definition) is 4. The van der Waals surface area contributed by atoms with E-state index in [-0.39, 0.29) is 11.9 Å². The van der Waals surface area contributed by atoms with E-state index in [0.717, 1.165) is 33.3 Å². The van der Waals surface area contributed by atoms with Crippen molar-refractivity contribution in [3.63, 3.8) is 0 Å². The monoisotopic (exact) mass is 498 g/mol. The van der Waals surface area contributed by atoms with Gasteiger partial charge in [0.2, 0.25) is 10.0 Å². The molecule has 3 rings (SSSR count). The maximum atomic E-state index is 12.7. The molecular formula is C28H38N2O4S. The minimum absolute atomic E-state index is 0.0878. The maximum absolute atomic E-state index is 12.7. The Bertz CT molecular complexity index is 1350. The van der Waals surface area contributed by atoms with E-state index in [0.29, 0.717) is 13.2 Å². The highest BCUT2D eigenvalue weighted by atomic mass is 32.2. The molecule has 0 aliphatic heterocycles. The Labute approximate surface area is 209 Å². The summed E-state index contributed by atoms with van der Waals surface area (Å²) in [6.07, 6.45) is 1.23. The molecule has 0 fully saturated rings. The van der Waals surface area contributed by atoms with Crippen LogP contribution in [-0.4, -0.2) is 49.7 Å². The van der Waals surface area contributed by atoms with Crippen molar-refractivity contribution in [2.24, 2.45) is 7.05 Å². The molecule has 1 unspecified atom stereocenters. The number of esters is 1. The largest absolute Gasteiger partial charge is 0.465 e. The molecule has 0 radical (unpaired) electrons. The molecular weight excluding hydrogens is 460 g/mol. The lowest BCUT2D eigenvalue weighted by Crippen LogP contribution is -2.31. The molecule has 35 heavy (non-hydrogen) atoms. The lowest BCUT2D eigenvalue weighted by molar-refractivity contribution is -0.148. The van der Waals surface area contributed by atoms with E-state index >= 15 is 0 Å². The summed E-state index contributed by atoms with van der Waals surface area (Å²) in [6.45, 7) is 12.5. The number of nitrogens with zero attached hydrogens (tertiary/aromatic N) is 2. The van der Waals surface area contributed by atoms with E-state index in [4.69, 9.17) is 4.74 Å². The molecule has 3 aromatic rings. The van der Waals surface area contributed by atoms with Crippen molar-refractivity contribution in [1.29, 1.82) is 0 Å². The van der Waals surface area contributed by atoms with Crippen LogP contribution in [0.5, 0.6) is 0 Å². The molecule has 1 heterocycles.